The molecule has 0 heterocycles. The van der Waals surface area contributed by atoms with Crippen molar-refractivity contribution >= 4 is 5.97 Å². The van der Waals surface area contributed by atoms with Gasteiger partial charge in [0.1, 0.15) is 0 Å². The molecule has 0 aromatic rings. The summed E-state index contributed by atoms with van der Waals surface area (Å²) in [6.07, 6.45) is 0. The molecule has 0 atom stereocenters. The molecule has 6 heteroatoms. The first-order chi connectivity index (χ1) is 6.56. The smallest absolute Gasteiger partial charge is 0.319 e. The lowest BCUT2D eigenvalue weighted by molar-refractivity contribution is -0.145. The van der Waals surface area contributed by atoms with E-state index in [1.807, 2.05) is 0 Å². The Labute approximate surface area is 82.7 Å². The molecule has 0 aliphatic heterocycles. The Morgan fingerprint density at radius 1 is 1.29 bits per heavy atom. The molecule has 0 aliphatic rings. The fourth-order valence-corrected chi connectivity index (χ4v) is 0.938. The highest BCUT2D eigenvalue weighted by Crippen LogP contribution is 2.11. The molecular weight excluding hydrogens is 190 g/mol. The van der Waals surface area contributed by atoms with Gasteiger partial charge in [0.05, 0.1) is 39.0 Å². The van der Waals surface area contributed by atoms with Crippen molar-refractivity contribution in [2.24, 2.45) is 0 Å². The number of aliphatic hydroxyl groups is 3. The van der Waals surface area contributed by atoms with Gasteiger partial charge in [-0.2, -0.15) is 0 Å². The lowest BCUT2D eigenvalue weighted by Crippen LogP contribution is -2.56. The maximum absolute atomic E-state index is 10.9. The van der Waals surface area contributed by atoms with E-state index in [0.717, 1.165) is 0 Å². The van der Waals surface area contributed by atoms with E-state index in [2.05, 4.69) is 4.74 Å². The van der Waals surface area contributed by atoms with Crippen molar-refractivity contribution in [1.29, 1.82) is 0 Å². The number of hydrogen-bond donors (Lipinski definition) is 3. The molecule has 14 heavy (non-hydrogen) atoms. The minimum atomic E-state index is -1.19. The van der Waals surface area contributed by atoms with Crippen LogP contribution in [0.25, 0.3) is 0 Å². The van der Waals surface area contributed by atoms with Gasteiger partial charge in [0.25, 0.3) is 0 Å². The summed E-state index contributed by atoms with van der Waals surface area (Å²) in [5.41, 5.74) is -1.19. The van der Waals surface area contributed by atoms with Crippen molar-refractivity contribution in [2.75, 3.05) is 40.5 Å². The average Bonchev–Trinajstić information content (AvgIpc) is 2.21. The molecule has 0 aromatic carbocycles. The second kappa shape index (κ2) is 5.92. The van der Waals surface area contributed by atoms with Gasteiger partial charge >= 0.3 is 5.97 Å². The first-order valence-corrected chi connectivity index (χ1v) is 4.17. The number of rotatable bonds is 6. The molecule has 0 bridgehead atoms. The van der Waals surface area contributed by atoms with Gasteiger partial charge in [-0.05, 0) is 7.05 Å². The highest BCUT2D eigenvalue weighted by atomic mass is 16.5. The molecule has 0 unspecified atom stereocenters. The fraction of sp³-hybridized carbons (Fsp3) is 0.875. The third-order valence-electron chi connectivity index (χ3n) is 2.29. The summed E-state index contributed by atoms with van der Waals surface area (Å²) in [7, 11) is 2.76. The Hall–Kier alpha value is -0.690. The summed E-state index contributed by atoms with van der Waals surface area (Å²) in [6.45, 7) is -1.41. The molecule has 0 aromatic heterocycles. The number of carbonyl (C=O) groups is 1. The summed E-state index contributed by atoms with van der Waals surface area (Å²) < 4.78 is 4.42. The minimum Gasteiger partial charge on any atom is -0.468 e. The first-order valence-electron chi connectivity index (χ1n) is 4.17. The van der Waals surface area contributed by atoms with Crippen LogP contribution in [-0.2, 0) is 9.53 Å². The third-order valence-corrected chi connectivity index (χ3v) is 2.29. The van der Waals surface area contributed by atoms with Gasteiger partial charge in [-0.25, -0.2) is 0 Å². The first kappa shape index (κ1) is 13.3. The lowest BCUT2D eigenvalue weighted by Gasteiger charge is -2.36. The van der Waals surface area contributed by atoms with Crippen LogP contribution in [0.4, 0.5) is 0 Å². The summed E-state index contributed by atoms with van der Waals surface area (Å²) in [5.74, 6) is -0.493. The van der Waals surface area contributed by atoms with Gasteiger partial charge in [-0.1, -0.05) is 0 Å². The van der Waals surface area contributed by atoms with Crippen LogP contribution >= 0.6 is 0 Å². The number of carbonyl (C=O) groups excluding carboxylic acids is 1. The Kier molecular flexibility index (Phi) is 5.63. The van der Waals surface area contributed by atoms with Gasteiger partial charge < -0.3 is 20.1 Å². The van der Waals surface area contributed by atoms with E-state index in [4.69, 9.17) is 15.3 Å². The molecule has 84 valence electrons. The van der Waals surface area contributed by atoms with Crippen LogP contribution in [-0.4, -0.2) is 72.3 Å². The molecule has 0 rings (SSSR count). The van der Waals surface area contributed by atoms with Crippen LogP contribution < -0.4 is 0 Å². The van der Waals surface area contributed by atoms with Crippen LogP contribution in [0.15, 0.2) is 0 Å². The Bertz CT molecular complexity index is 172. The summed E-state index contributed by atoms with van der Waals surface area (Å²) in [4.78, 5) is 12.3. The van der Waals surface area contributed by atoms with Crippen LogP contribution in [0, 0.1) is 0 Å². The normalized spacial score (nSPS) is 11.9. The van der Waals surface area contributed by atoms with Gasteiger partial charge in [-0.3, -0.25) is 9.69 Å². The maximum atomic E-state index is 10.9. The van der Waals surface area contributed by atoms with Crippen molar-refractivity contribution in [3.8, 4) is 0 Å². The second-order valence-corrected chi connectivity index (χ2v) is 3.13. The van der Waals surface area contributed by atoms with Crippen LogP contribution in [0.3, 0.4) is 0 Å². The standard InChI is InChI=1S/C8H17NO5/c1-9(3-7(13)14-2)8(4-10,5-11)6-12/h10-12H,3-6H2,1-2H3. The Balaban J connectivity index is 4.43. The molecule has 3 N–H and O–H groups in total. The highest BCUT2D eigenvalue weighted by Gasteiger charge is 2.34. The van der Waals surface area contributed by atoms with Crippen molar-refractivity contribution in [3.05, 3.63) is 0 Å². The molecule has 0 aliphatic carbocycles. The van der Waals surface area contributed by atoms with Gasteiger partial charge in [0, 0.05) is 0 Å². The van der Waals surface area contributed by atoms with E-state index in [9.17, 15) is 4.79 Å². The monoisotopic (exact) mass is 207 g/mol. The fourth-order valence-electron chi connectivity index (χ4n) is 0.938. The van der Waals surface area contributed by atoms with Crippen LogP contribution in [0.2, 0.25) is 0 Å². The van der Waals surface area contributed by atoms with E-state index in [1.54, 1.807) is 0 Å². The number of nitrogens with zero attached hydrogens (tertiary/aromatic N) is 1. The van der Waals surface area contributed by atoms with E-state index in [1.165, 1.54) is 19.1 Å². The number of hydrogen-bond acceptors (Lipinski definition) is 6. The summed E-state index contributed by atoms with van der Waals surface area (Å²) in [6, 6.07) is 0. The zero-order valence-corrected chi connectivity index (χ0v) is 8.43. The molecule has 0 saturated carbocycles. The molecule has 0 radical (unpaired) electrons. The van der Waals surface area contributed by atoms with E-state index in [-0.39, 0.29) is 6.54 Å². The zero-order valence-electron chi connectivity index (χ0n) is 8.43. The van der Waals surface area contributed by atoms with Crippen LogP contribution in [0.5, 0.6) is 0 Å². The van der Waals surface area contributed by atoms with Gasteiger partial charge in [-0.15, -0.1) is 0 Å². The quantitative estimate of drug-likeness (QED) is 0.428. The number of likely N-dealkylation sites (N-methyl/N-ethyl adjacent to an activating group) is 1. The van der Waals surface area contributed by atoms with Crippen molar-refractivity contribution in [2.45, 2.75) is 5.54 Å². The average molecular weight is 207 g/mol. The number of aliphatic hydroxyl groups excluding tert-OH is 3. The van der Waals surface area contributed by atoms with Crippen LogP contribution in [0.1, 0.15) is 0 Å². The molecule has 0 amide bonds. The SMILES string of the molecule is COC(=O)CN(C)C(CO)(CO)CO. The van der Waals surface area contributed by atoms with E-state index in [0.29, 0.717) is 0 Å². The van der Waals surface area contributed by atoms with Gasteiger partial charge in [0.15, 0.2) is 0 Å². The lowest BCUT2D eigenvalue weighted by atomic mass is 10.0. The molecule has 0 spiro atoms. The van der Waals surface area contributed by atoms with Gasteiger partial charge in [0.2, 0.25) is 0 Å². The number of methoxy groups -OCH3 is 1. The minimum absolute atomic E-state index is 0.0990. The highest BCUT2D eigenvalue weighted by molar-refractivity contribution is 5.71. The summed E-state index contributed by atoms with van der Waals surface area (Å²) in [5, 5.41) is 27.1. The molecule has 6 nitrogen and oxygen atoms in total. The zero-order chi connectivity index (χ0) is 11.2. The predicted molar refractivity (Wildman–Crippen MR) is 48.6 cm³/mol. The molecule has 0 saturated heterocycles. The predicted octanol–water partition coefficient (Wildman–Crippen LogP) is -2.19. The second-order valence-electron chi connectivity index (χ2n) is 3.13. The molecular formula is C8H17NO5. The van der Waals surface area contributed by atoms with E-state index >= 15 is 0 Å². The number of esters is 1. The van der Waals surface area contributed by atoms with Crippen molar-refractivity contribution in [1.82, 2.24) is 4.90 Å². The molecule has 0 fully saturated rings. The van der Waals surface area contributed by atoms with Crippen molar-refractivity contribution in [3.63, 3.8) is 0 Å². The Morgan fingerprint density at radius 2 is 1.71 bits per heavy atom. The number of ether oxygens (including phenoxy) is 1. The van der Waals surface area contributed by atoms with Crippen molar-refractivity contribution < 1.29 is 24.9 Å². The van der Waals surface area contributed by atoms with E-state index < -0.39 is 31.3 Å². The Morgan fingerprint density at radius 3 is 2.00 bits per heavy atom. The largest absolute Gasteiger partial charge is 0.468 e. The summed E-state index contributed by atoms with van der Waals surface area (Å²) >= 11 is 0. The topological polar surface area (TPSA) is 90.2 Å². The third kappa shape index (κ3) is 2.91. The maximum Gasteiger partial charge on any atom is 0.319 e.